The van der Waals surface area contributed by atoms with Crippen LogP contribution in [0, 0.1) is 0 Å². The van der Waals surface area contributed by atoms with Gasteiger partial charge in [-0.2, -0.15) is 13.2 Å². The predicted molar refractivity (Wildman–Crippen MR) is 134 cm³/mol. The maximum atomic E-state index is 13.5. The number of hydrogen-bond donors (Lipinski definition) is 3. The van der Waals surface area contributed by atoms with Crippen molar-refractivity contribution < 1.29 is 32.9 Å². The third-order valence-corrected chi connectivity index (χ3v) is 6.51. The Hall–Kier alpha value is -3.90. The van der Waals surface area contributed by atoms with Crippen molar-refractivity contribution >= 4 is 23.2 Å². The first-order valence-corrected chi connectivity index (χ1v) is 12.0. The van der Waals surface area contributed by atoms with Crippen LogP contribution in [-0.4, -0.2) is 64.2 Å². The minimum atomic E-state index is -4.48. The molecule has 38 heavy (non-hydrogen) atoms. The average molecular weight is 530 g/mol. The molecule has 2 bridgehead atoms. The molecule has 0 unspecified atom stereocenters. The SMILES string of the molecule is C[C@](O)(CO)COc1cc(NC(=O)N2c3nc(-c4cccc(C(F)(F)F)c4)ccc3N3CC[C@H]2C3)ccn1. The summed E-state index contributed by atoms with van der Waals surface area (Å²) < 4.78 is 45.3. The fourth-order valence-corrected chi connectivity index (χ4v) is 4.51. The van der Waals surface area contributed by atoms with E-state index in [4.69, 9.17) is 4.74 Å². The smallest absolute Gasteiger partial charge is 0.416 e. The first-order valence-electron chi connectivity index (χ1n) is 12.0. The molecule has 0 spiro atoms. The Balaban J connectivity index is 1.42. The van der Waals surface area contributed by atoms with E-state index in [2.05, 4.69) is 20.2 Å². The Morgan fingerprint density at radius 2 is 2.03 bits per heavy atom. The molecule has 9 nitrogen and oxygen atoms in total. The zero-order valence-electron chi connectivity index (χ0n) is 20.4. The minimum Gasteiger partial charge on any atom is -0.474 e. The first-order chi connectivity index (χ1) is 18.0. The number of aliphatic hydroxyl groups excluding tert-OH is 1. The highest BCUT2D eigenvalue weighted by molar-refractivity contribution is 6.04. The summed E-state index contributed by atoms with van der Waals surface area (Å²) in [5.74, 6) is 0.517. The first kappa shape index (κ1) is 25.7. The number of aromatic nitrogens is 2. The fraction of sp³-hybridized carbons (Fsp3) is 0.346. The molecule has 0 aliphatic carbocycles. The number of carbonyl (C=O) groups excluding carboxylic acids is 1. The van der Waals surface area contributed by atoms with Crippen molar-refractivity contribution in [2.24, 2.45) is 0 Å². The predicted octanol–water partition coefficient (Wildman–Crippen LogP) is 3.92. The van der Waals surface area contributed by atoms with Crippen LogP contribution in [0.15, 0.2) is 54.7 Å². The topological polar surface area (TPSA) is 111 Å². The molecule has 1 fully saturated rings. The Labute approximate surface area is 216 Å². The Kier molecular flexibility index (Phi) is 6.61. The van der Waals surface area contributed by atoms with Crippen molar-refractivity contribution in [3.05, 3.63) is 60.3 Å². The molecule has 3 N–H and O–H groups in total. The number of fused-ring (bicyclic) bond motifs is 4. The van der Waals surface area contributed by atoms with Gasteiger partial charge in [0.1, 0.15) is 12.2 Å². The molecular formula is C26H26F3N5O4. The van der Waals surface area contributed by atoms with Gasteiger partial charge in [0.25, 0.3) is 0 Å². The van der Waals surface area contributed by atoms with Gasteiger partial charge in [0.15, 0.2) is 5.82 Å². The lowest BCUT2D eigenvalue weighted by molar-refractivity contribution is -0.137. The molecule has 1 aromatic carbocycles. The van der Waals surface area contributed by atoms with Gasteiger partial charge in [-0.05, 0) is 43.7 Å². The van der Waals surface area contributed by atoms with E-state index in [1.54, 1.807) is 29.2 Å². The number of pyridine rings is 2. The van der Waals surface area contributed by atoms with E-state index in [0.29, 0.717) is 35.7 Å². The molecule has 2 aliphatic rings. The van der Waals surface area contributed by atoms with Crippen LogP contribution in [0.5, 0.6) is 5.88 Å². The van der Waals surface area contributed by atoms with Crippen molar-refractivity contribution in [2.75, 3.05) is 41.4 Å². The van der Waals surface area contributed by atoms with Crippen molar-refractivity contribution in [1.82, 2.24) is 9.97 Å². The van der Waals surface area contributed by atoms with Gasteiger partial charge in [0.05, 0.1) is 29.6 Å². The van der Waals surface area contributed by atoms with E-state index in [1.807, 2.05) is 0 Å². The van der Waals surface area contributed by atoms with Crippen LogP contribution in [0.25, 0.3) is 11.3 Å². The van der Waals surface area contributed by atoms with Crippen LogP contribution in [-0.2, 0) is 6.18 Å². The van der Waals surface area contributed by atoms with Crippen LogP contribution >= 0.6 is 0 Å². The van der Waals surface area contributed by atoms with Crippen molar-refractivity contribution in [2.45, 2.75) is 31.2 Å². The molecule has 12 heteroatoms. The van der Waals surface area contributed by atoms with Gasteiger partial charge in [0, 0.05) is 36.6 Å². The largest absolute Gasteiger partial charge is 0.474 e. The lowest BCUT2D eigenvalue weighted by atomic mass is 10.1. The maximum absolute atomic E-state index is 13.5. The van der Waals surface area contributed by atoms with Crippen LogP contribution in [0.4, 0.5) is 35.2 Å². The van der Waals surface area contributed by atoms with E-state index in [1.165, 1.54) is 25.3 Å². The summed E-state index contributed by atoms with van der Waals surface area (Å²) in [5, 5.41) is 22.0. The number of aliphatic hydroxyl groups is 2. The molecule has 2 amide bonds. The summed E-state index contributed by atoms with van der Waals surface area (Å²) in [4.78, 5) is 25.9. The van der Waals surface area contributed by atoms with Crippen molar-refractivity contribution in [3.8, 4) is 17.1 Å². The molecule has 2 aromatic heterocycles. The lowest BCUT2D eigenvalue weighted by Crippen LogP contribution is -2.48. The van der Waals surface area contributed by atoms with Gasteiger partial charge in [-0.3, -0.25) is 4.90 Å². The summed E-state index contributed by atoms with van der Waals surface area (Å²) in [5.41, 5.74) is -0.481. The van der Waals surface area contributed by atoms with Crippen LogP contribution < -0.4 is 19.9 Å². The normalized spacial score (nSPS) is 18.1. The molecule has 2 atom stereocenters. The third-order valence-electron chi connectivity index (χ3n) is 6.51. The second kappa shape index (κ2) is 9.76. The number of amides is 2. The van der Waals surface area contributed by atoms with Crippen LogP contribution in [0.2, 0.25) is 0 Å². The number of nitrogens with one attached hydrogen (secondary N) is 1. The summed E-state index contributed by atoms with van der Waals surface area (Å²) in [6.07, 6.45) is -2.34. The van der Waals surface area contributed by atoms with E-state index in [0.717, 1.165) is 24.4 Å². The third kappa shape index (κ3) is 5.22. The second-order valence-electron chi connectivity index (χ2n) is 9.63. The van der Waals surface area contributed by atoms with Gasteiger partial charge in [-0.1, -0.05) is 12.1 Å². The summed E-state index contributed by atoms with van der Waals surface area (Å²) in [7, 11) is 0. The summed E-state index contributed by atoms with van der Waals surface area (Å²) >= 11 is 0. The fourth-order valence-electron chi connectivity index (χ4n) is 4.51. The van der Waals surface area contributed by atoms with Crippen molar-refractivity contribution in [3.63, 3.8) is 0 Å². The second-order valence-corrected chi connectivity index (χ2v) is 9.63. The number of urea groups is 1. The zero-order chi connectivity index (χ0) is 27.1. The highest BCUT2D eigenvalue weighted by Crippen LogP contribution is 2.41. The minimum absolute atomic E-state index is 0.146. The number of rotatable bonds is 6. The number of ether oxygens (including phenoxy) is 1. The maximum Gasteiger partial charge on any atom is 0.416 e. The van der Waals surface area contributed by atoms with Gasteiger partial charge < -0.3 is 25.2 Å². The Bertz CT molecular complexity index is 1350. The standard InChI is InChI=1S/C26H26F3N5O4/c1-25(37,14-35)15-38-22-12-18(7-9-30-22)31-24(36)34-19-8-10-33(13-19)21-6-5-20(32-23(21)34)16-3-2-4-17(11-16)26(27,28)29/h2-7,9,11-12,19,35,37H,8,10,13-15H2,1H3,(H,30,31,36)/t19-,25-/m0/s1. The molecule has 2 aliphatic heterocycles. The van der Waals surface area contributed by atoms with E-state index in [-0.39, 0.29) is 18.5 Å². The lowest BCUT2D eigenvalue weighted by Gasteiger charge is -2.36. The Morgan fingerprint density at radius 3 is 2.79 bits per heavy atom. The van der Waals surface area contributed by atoms with E-state index >= 15 is 0 Å². The average Bonchev–Trinajstić information content (AvgIpc) is 3.31. The van der Waals surface area contributed by atoms with Gasteiger partial charge in [-0.15, -0.1) is 0 Å². The Morgan fingerprint density at radius 1 is 1.21 bits per heavy atom. The number of nitrogens with zero attached hydrogens (tertiary/aromatic N) is 4. The van der Waals surface area contributed by atoms with Crippen LogP contribution in [0.1, 0.15) is 18.9 Å². The van der Waals surface area contributed by atoms with E-state index in [9.17, 15) is 28.2 Å². The molecule has 4 heterocycles. The van der Waals surface area contributed by atoms with E-state index < -0.39 is 30.0 Å². The zero-order valence-corrected chi connectivity index (χ0v) is 20.4. The van der Waals surface area contributed by atoms with Crippen LogP contribution in [0.3, 0.4) is 0 Å². The summed E-state index contributed by atoms with van der Waals surface area (Å²) in [6.45, 7) is 2.06. The summed E-state index contributed by atoms with van der Waals surface area (Å²) in [6, 6.07) is 10.8. The van der Waals surface area contributed by atoms with Gasteiger partial charge in [-0.25, -0.2) is 14.8 Å². The molecule has 0 saturated carbocycles. The molecule has 0 radical (unpaired) electrons. The highest BCUT2D eigenvalue weighted by atomic mass is 19.4. The number of anilines is 3. The van der Waals surface area contributed by atoms with Crippen molar-refractivity contribution in [1.29, 1.82) is 0 Å². The quantitative estimate of drug-likeness (QED) is 0.444. The van der Waals surface area contributed by atoms with Gasteiger partial charge >= 0.3 is 12.2 Å². The number of benzene rings is 1. The molecular weight excluding hydrogens is 503 g/mol. The molecule has 200 valence electrons. The number of carbonyl (C=O) groups is 1. The number of alkyl halides is 3. The molecule has 3 aromatic rings. The van der Waals surface area contributed by atoms with Gasteiger partial charge in [0.2, 0.25) is 5.88 Å². The monoisotopic (exact) mass is 529 g/mol. The number of halogens is 3. The molecule has 5 rings (SSSR count). The molecule has 1 saturated heterocycles. The number of hydrogen-bond acceptors (Lipinski definition) is 7. The highest BCUT2D eigenvalue weighted by Gasteiger charge is 2.40.